The minimum absolute atomic E-state index is 0.394. The molecule has 2 atom stereocenters. The summed E-state index contributed by atoms with van der Waals surface area (Å²) in [5.74, 6) is 3.44. The van der Waals surface area contributed by atoms with Gasteiger partial charge in [-0.3, -0.25) is 0 Å². The van der Waals surface area contributed by atoms with E-state index in [0.29, 0.717) is 17.7 Å². The van der Waals surface area contributed by atoms with Gasteiger partial charge in [0.1, 0.15) is 11.6 Å². The summed E-state index contributed by atoms with van der Waals surface area (Å²) in [6.45, 7) is 8.62. The fraction of sp³-hybridized carbons (Fsp3) is 0.733. The molecule has 3 nitrogen and oxygen atoms in total. The fourth-order valence-electron chi connectivity index (χ4n) is 3.20. The van der Waals surface area contributed by atoms with Crippen molar-refractivity contribution in [3.05, 3.63) is 17.1 Å². The maximum Gasteiger partial charge on any atom is 0.134 e. The summed E-state index contributed by atoms with van der Waals surface area (Å²) in [5.41, 5.74) is 8.28. The van der Waals surface area contributed by atoms with Gasteiger partial charge in [0, 0.05) is 17.2 Å². The Labute approximate surface area is 110 Å². The molecule has 100 valence electrons. The second-order valence-corrected chi connectivity index (χ2v) is 5.91. The zero-order valence-corrected chi connectivity index (χ0v) is 12.0. The van der Waals surface area contributed by atoms with Crippen LogP contribution in [0.5, 0.6) is 0 Å². The molecule has 1 aromatic heterocycles. The van der Waals surface area contributed by atoms with E-state index in [4.69, 9.17) is 10.7 Å². The number of hydrogen-bond donors (Lipinski definition) is 1. The first-order valence-electron chi connectivity index (χ1n) is 7.16. The zero-order valence-electron chi connectivity index (χ0n) is 12.0. The minimum Gasteiger partial charge on any atom is -0.383 e. The van der Waals surface area contributed by atoms with Gasteiger partial charge in [0.2, 0.25) is 0 Å². The number of hydrogen-bond acceptors (Lipinski definition) is 3. The molecule has 1 saturated carbocycles. The summed E-state index contributed by atoms with van der Waals surface area (Å²) in [6, 6.07) is 0. The van der Waals surface area contributed by atoms with E-state index < -0.39 is 0 Å². The third-order valence-electron chi connectivity index (χ3n) is 4.24. The van der Waals surface area contributed by atoms with Gasteiger partial charge in [-0.25, -0.2) is 9.97 Å². The molecule has 2 rings (SSSR count). The van der Waals surface area contributed by atoms with Crippen molar-refractivity contribution in [1.82, 2.24) is 9.97 Å². The topological polar surface area (TPSA) is 51.8 Å². The molecule has 3 heteroatoms. The zero-order chi connectivity index (χ0) is 13.3. The molecule has 1 aliphatic carbocycles. The Hall–Kier alpha value is -1.12. The van der Waals surface area contributed by atoms with E-state index in [0.717, 1.165) is 23.0 Å². The maximum atomic E-state index is 6.11. The monoisotopic (exact) mass is 247 g/mol. The van der Waals surface area contributed by atoms with Crippen LogP contribution in [0.2, 0.25) is 0 Å². The molecule has 0 spiro atoms. The third kappa shape index (κ3) is 2.50. The van der Waals surface area contributed by atoms with Crippen molar-refractivity contribution in [2.75, 3.05) is 5.73 Å². The van der Waals surface area contributed by atoms with Crippen LogP contribution in [-0.2, 0) is 0 Å². The van der Waals surface area contributed by atoms with Crippen LogP contribution in [0, 0.1) is 12.8 Å². The van der Waals surface area contributed by atoms with Crippen molar-refractivity contribution in [3.8, 4) is 0 Å². The van der Waals surface area contributed by atoms with Crippen LogP contribution in [0.25, 0.3) is 0 Å². The number of nitrogens with two attached hydrogens (primary N) is 1. The molecule has 0 aromatic carbocycles. The number of anilines is 1. The lowest BCUT2D eigenvalue weighted by atomic mass is 10.00. The van der Waals surface area contributed by atoms with Gasteiger partial charge in [-0.15, -0.1) is 0 Å². The van der Waals surface area contributed by atoms with E-state index in [-0.39, 0.29) is 0 Å². The first-order chi connectivity index (χ1) is 8.52. The number of nitrogens with zero attached hydrogens (tertiary/aromatic N) is 2. The molecule has 0 bridgehead atoms. The second kappa shape index (κ2) is 5.25. The largest absolute Gasteiger partial charge is 0.383 e. The minimum atomic E-state index is 0.394. The van der Waals surface area contributed by atoms with Crippen molar-refractivity contribution in [1.29, 1.82) is 0 Å². The Morgan fingerprint density at radius 3 is 2.50 bits per heavy atom. The van der Waals surface area contributed by atoms with Crippen LogP contribution in [0.4, 0.5) is 5.82 Å². The molecule has 2 N–H and O–H groups in total. The molecule has 0 saturated heterocycles. The van der Waals surface area contributed by atoms with Gasteiger partial charge in [0.25, 0.3) is 0 Å². The van der Waals surface area contributed by atoms with Crippen LogP contribution in [0.1, 0.15) is 75.4 Å². The molecule has 1 fully saturated rings. The van der Waals surface area contributed by atoms with Gasteiger partial charge in [0.15, 0.2) is 0 Å². The molecule has 0 aliphatic heterocycles. The van der Waals surface area contributed by atoms with Gasteiger partial charge in [-0.1, -0.05) is 27.2 Å². The molecule has 18 heavy (non-hydrogen) atoms. The number of rotatable bonds is 3. The highest BCUT2D eigenvalue weighted by Gasteiger charge is 2.27. The molecule has 0 amide bonds. The summed E-state index contributed by atoms with van der Waals surface area (Å²) in [7, 11) is 0. The van der Waals surface area contributed by atoms with Crippen LogP contribution < -0.4 is 5.73 Å². The summed E-state index contributed by atoms with van der Waals surface area (Å²) >= 11 is 0. The lowest BCUT2D eigenvalue weighted by Crippen LogP contribution is -2.10. The van der Waals surface area contributed by atoms with Crippen LogP contribution in [-0.4, -0.2) is 9.97 Å². The van der Waals surface area contributed by atoms with Crippen LogP contribution in [0.15, 0.2) is 0 Å². The quantitative estimate of drug-likeness (QED) is 0.884. The Kier molecular flexibility index (Phi) is 3.88. The maximum absolute atomic E-state index is 6.11. The smallest absolute Gasteiger partial charge is 0.134 e. The van der Waals surface area contributed by atoms with E-state index in [9.17, 15) is 0 Å². The number of nitrogen functional groups attached to an aromatic ring is 1. The average Bonchev–Trinajstić information content (AvgIpc) is 2.75. The summed E-state index contributed by atoms with van der Waals surface area (Å²) < 4.78 is 0. The summed E-state index contributed by atoms with van der Waals surface area (Å²) in [5, 5.41) is 0. The predicted octanol–water partition coefficient (Wildman–Crippen LogP) is 3.78. The van der Waals surface area contributed by atoms with E-state index >= 15 is 0 Å². The normalized spacial score (nSPS) is 23.8. The second-order valence-electron chi connectivity index (χ2n) is 5.91. The van der Waals surface area contributed by atoms with Gasteiger partial charge >= 0.3 is 0 Å². The van der Waals surface area contributed by atoms with Crippen molar-refractivity contribution in [3.63, 3.8) is 0 Å². The molecule has 0 radical (unpaired) electrons. The predicted molar refractivity (Wildman–Crippen MR) is 75.6 cm³/mol. The van der Waals surface area contributed by atoms with Crippen molar-refractivity contribution in [2.45, 2.75) is 65.2 Å². The standard InChI is InChI=1S/C15H25N3/c1-5-11-6-7-12(8-11)15-17-10(4)13(9(2)3)14(16)18-15/h9,11-12H,5-8H2,1-4H3,(H2,16,17,18). The Bertz CT molecular complexity index is 403. The van der Waals surface area contributed by atoms with E-state index in [1.54, 1.807) is 0 Å². The van der Waals surface area contributed by atoms with Crippen LogP contribution in [0.3, 0.4) is 0 Å². The SMILES string of the molecule is CCC1CCC(c2nc(C)c(C(C)C)c(N)n2)C1. The van der Waals surface area contributed by atoms with Crippen molar-refractivity contribution < 1.29 is 0 Å². The van der Waals surface area contributed by atoms with Crippen molar-refractivity contribution >= 4 is 5.82 Å². The Morgan fingerprint density at radius 2 is 2.00 bits per heavy atom. The third-order valence-corrected chi connectivity index (χ3v) is 4.24. The molecular weight excluding hydrogens is 222 g/mol. The van der Waals surface area contributed by atoms with Gasteiger partial charge in [-0.05, 0) is 38.0 Å². The average molecular weight is 247 g/mol. The molecule has 1 aromatic rings. The molecule has 1 aliphatic rings. The van der Waals surface area contributed by atoms with E-state index in [2.05, 4.69) is 32.7 Å². The molecule has 1 heterocycles. The molecular formula is C15H25N3. The highest BCUT2D eigenvalue weighted by Crippen LogP contribution is 2.39. The van der Waals surface area contributed by atoms with Gasteiger partial charge in [0.05, 0.1) is 0 Å². The van der Waals surface area contributed by atoms with E-state index in [1.165, 1.54) is 25.7 Å². The highest BCUT2D eigenvalue weighted by atomic mass is 15.0. The first kappa shape index (κ1) is 13.3. The van der Waals surface area contributed by atoms with Gasteiger partial charge in [-0.2, -0.15) is 0 Å². The van der Waals surface area contributed by atoms with Gasteiger partial charge < -0.3 is 5.73 Å². The fourth-order valence-corrected chi connectivity index (χ4v) is 3.20. The number of aryl methyl sites for hydroxylation is 1. The molecule has 2 unspecified atom stereocenters. The highest BCUT2D eigenvalue weighted by molar-refractivity contribution is 5.44. The van der Waals surface area contributed by atoms with E-state index in [1.807, 2.05) is 0 Å². The summed E-state index contributed by atoms with van der Waals surface area (Å²) in [4.78, 5) is 9.29. The van der Waals surface area contributed by atoms with Crippen molar-refractivity contribution in [2.24, 2.45) is 5.92 Å². The Balaban J connectivity index is 2.26. The lowest BCUT2D eigenvalue weighted by molar-refractivity contribution is 0.516. The summed E-state index contributed by atoms with van der Waals surface area (Å²) in [6.07, 6.45) is 5.04. The number of aromatic nitrogens is 2. The lowest BCUT2D eigenvalue weighted by Gasteiger charge is -2.16. The Morgan fingerprint density at radius 1 is 1.28 bits per heavy atom. The van der Waals surface area contributed by atoms with Crippen LogP contribution >= 0.6 is 0 Å². The first-order valence-corrected chi connectivity index (χ1v) is 7.16.